The van der Waals surface area contributed by atoms with E-state index in [1.165, 1.54) is 12.0 Å². The molecule has 5 heteroatoms. The molecule has 3 unspecified atom stereocenters. The molecule has 1 saturated carbocycles. The van der Waals surface area contributed by atoms with Gasteiger partial charge in [-0.25, -0.2) is 0 Å². The standard InChI is InChI=1S/C19H29N2O2P/c1-14-13-18(14)21(16-9-11-20(2)12-10-16)19(22)8-5-15-3-6-17(24-23)7-4-15/h3-4,6-7,14,16,18,23-24H,5,8-13H2,1-2H3. The van der Waals surface area contributed by atoms with E-state index >= 15 is 0 Å². The van der Waals surface area contributed by atoms with Gasteiger partial charge in [-0.05, 0) is 62.6 Å². The van der Waals surface area contributed by atoms with Crippen molar-refractivity contribution < 1.29 is 9.69 Å². The van der Waals surface area contributed by atoms with Crippen molar-refractivity contribution in [3.8, 4) is 0 Å². The number of hydrogen-bond acceptors (Lipinski definition) is 3. The molecule has 1 saturated heterocycles. The number of benzene rings is 1. The Morgan fingerprint density at radius 2 is 1.92 bits per heavy atom. The summed E-state index contributed by atoms with van der Waals surface area (Å²) < 4.78 is 0. The number of aryl methyl sites for hydroxylation is 1. The summed E-state index contributed by atoms with van der Waals surface area (Å²) in [6, 6.07) is 8.88. The van der Waals surface area contributed by atoms with Gasteiger partial charge in [0.15, 0.2) is 0 Å². The van der Waals surface area contributed by atoms with Gasteiger partial charge in [0.2, 0.25) is 5.91 Å². The van der Waals surface area contributed by atoms with Gasteiger partial charge in [-0.3, -0.25) is 4.79 Å². The first-order chi connectivity index (χ1) is 11.6. The van der Waals surface area contributed by atoms with Crippen molar-refractivity contribution in [3.63, 3.8) is 0 Å². The summed E-state index contributed by atoms with van der Waals surface area (Å²) in [6.07, 6.45) is 4.77. The third-order valence-corrected chi connectivity index (χ3v) is 6.10. The van der Waals surface area contributed by atoms with Crippen molar-refractivity contribution in [2.24, 2.45) is 5.92 Å². The summed E-state index contributed by atoms with van der Waals surface area (Å²) in [5.41, 5.74) is 1.18. The zero-order valence-electron chi connectivity index (χ0n) is 14.7. The van der Waals surface area contributed by atoms with Gasteiger partial charge < -0.3 is 14.7 Å². The predicted molar refractivity (Wildman–Crippen MR) is 99.9 cm³/mol. The van der Waals surface area contributed by atoms with E-state index in [9.17, 15) is 4.79 Å². The molecule has 2 aliphatic rings. The molecule has 1 aliphatic heterocycles. The second-order valence-corrected chi connectivity index (χ2v) is 8.23. The molecular formula is C19H29N2O2P. The largest absolute Gasteiger partial charge is 0.372 e. The van der Waals surface area contributed by atoms with Crippen LogP contribution in [0.3, 0.4) is 0 Å². The Morgan fingerprint density at radius 3 is 2.46 bits per heavy atom. The maximum atomic E-state index is 12.9. The van der Waals surface area contributed by atoms with Crippen LogP contribution in [0.15, 0.2) is 24.3 Å². The van der Waals surface area contributed by atoms with Crippen LogP contribution in [-0.2, 0) is 11.2 Å². The quantitative estimate of drug-likeness (QED) is 0.802. The smallest absolute Gasteiger partial charge is 0.223 e. The molecule has 132 valence electrons. The molecule has 4 nitrogen and oxygen atoms in total. The topological polar surface area (TPSA) is 43.8 Å². The van der Waals surface area contributed by atoms with E-state index in [0.717, 1.165) is 37.7 Å². The van der Waals surface area contributed by atoms with Gasteiger partial charge in [0, 0.05) is 27.3 Å². The number of likely N-dealkylation sites (tertiary alicyclic amines) is 1. The van der Waals surface area contributed by atoms with Gasteiger partial charge in [-0.1, -0.05) is 31.2 Å². The number of amides is 1. The molecule has 2 fully saturated rings. The fourth-order valence-corrected chi connectivity index (χ4v) is 4.06. The lowest BCUT2D eigenvalue weighted by Crippen LogP contribution is -2.48. The Labute approximate surface area is 147 Å². The van der Waals surface area contributed by atoms with Crippen molar-refractivity contribution in [1.29, 1.82) is 0 Å². The van der Waals surface area contributed by atoms with Gasteiger partial charge in [-0.15, -0.1) is 0 Å². The van der Waals surface area contributed by atoms with Crippen LogP contribution in [0.1, 0.15) is 38.2 Å². The highest BCUT2D eigenvalue weighted by Gasteiger charge is 2.43. The lowest BCUT2D eigenvalue weighted by atomic mass is 10.0. The summed E-state index contributed by atoms with van der Waals surface area (Å²) >= 11 is 0. The normalized spacial score (nSPS) is 25.3. The molecule has 0 radical (unpaired) electrons. The zero-order chi connectivity index (χ0) is 17.1. The van der Waals surface area contributed by atoms with Crippen LogP contribution < -0.4 is 5.30 Å². The number of carbonyl (C=O) groups excluding carboxylic acids is 1. The molecule has 1 N–H and O–H groups in total. The molecule has 0 aromatic heterocycles. The van der Waals surface area contributed by atoms with Crippen LogP contribution in [0, 0.1) is 5.92 Å². The average Bonchev–Trinajstić information content (AvgIpc) is 3.31. The van der Waals surface area contributed by atoms with Crippen LogP contribution >= 0.6 is 8.81 Å². The van der Waals surface area contributed by atoms with E-state index in [1.54, 1.807) is 0 Å². The van der Waals surface area contributed by atoms with Crippen molar-refractivity contribution >= 4 is 20.0 Å². The fraction of sp³-hybridized carbons (Fsp3) is 0.632. The molecule has 0 spiro atoms. The highest BCUT2D eigenvalue weighted by molar-refractivity contribution is 7.40. The molecule has 3 atom stereocenters. The number of hydrogen-bond donors (Lipinski definition) is 1. The Bertz CT molecular complexity index is 555. The third-order valence-electron chi connectivity index (χ3n) is 5.50. The number of nitrogens with zero attached hydrogens (tertiary/aromatic N) is 2. The van der Waals surface area contributed by atoms with Crippen molar-refractivity contribution in [1.82, 2.24) is 9.80 Å². The first kappa shape index (κ1) is 17.8. The molecule has 3 rings (SSSR count). The Morgan fingerprint density at radius 1 is 1.29 bits per heavy atom. The number of piperidine rings is 1. The highest BCUT2D eigenvalue weighted by Crippen LogP contribution is 2.38. The van der Waals surface area contributed by atoms with Crippen LogP contribution in [-0.4, -0.2) is 52.8 Å². The summed E-state index contributed by atoms with van der Waals surface area (Å²) in [5.74, 6) is 0.991. The van der Waals surface area contributed by atoms with E-state index in [-0.39, 0.29) is 8.81 Å². The van der Waals surface area contributed by atoms with E-state index < -0.39 is 0 Å². The molecule has 1 heterocycles. The van der Waals surface area contributed by atoms with E-state index in [1.807, 2.05) is 24.3 Å². The van der Waals surface area contributed by atoms with Crippen molar-refractivity contribution in [3.05, 3.63) is 29.8 Å². The molecule has 1 aromatic carbocycles. The first-order valence-electron chi connectivity index (χ1n) is 9.07. The molecular weight excluding hydrogens is 319 g/mol. The second kappa shape index (κ2) is 7.95. The maximum absolute atomic E-state index is 12.9. The summed E-state index contributed by atoms with van der Waals surface area (Å²) in [5, 5.41) is 0.949. The van der Waals surface area contributed by atoms with Crippen LogP contribution in [0.4, 0.5) is 0 Å². The highest BCUT2D eigenvalue weighted by atomic mass is 31.1. The zero-order valence-corrected chi connectivity index (χ0v) is 15.7. The SMILES string of the molecule is CC1CC1N(C(=O)CCc1ccc(PO)cc1)C1CCN(C)CC1. The Balaban J connectivity index is 1.59. The Kier molecular flexibility index (Phi) is 5.91. The molecule has 1 aliphatic carbocycles. The van der Waals surface area contributed by atoms with Gasteiger partial charge in [0.1, 0.15) is 0 Å². The molecule has 1 amide bonds. The average molecular weight is 348 g/mol. The van der Waals surface area contributed by atoms with Crippen LogP contribution in [0.5, 0.6) is 0 Å². The van der Waals surface area contributed by atoms with Crippen LogP contribution in [0.2, 0.25) is 0 Å². The summed E-state index contributed by atoms with van der Waals surface area (Å²) in [4.78, 5) is 26.7. The summed E-state index contributed by atoms with van der Waals surface area (Å²) in [7, 11) is 2.01. The molecule has 24 heavy (non-hydrogen) atoms. The lowest BCUT2D eigenvalue weighted by Gasteiger charge is -2.38. The van der Waals surface area contributed by atoms with E-state index in [2.05, 4.69) is 23.8 Å². The van der Waals surface area contributed by atoms with Gasteiger partial charge in [-0.2, -0.15) is 0 Å². The minimum absolute atomic E-state index is 0.157. The minimum Gasteiger partial charge on any atom is -0.372 e. The third kappa shape index (κ3) is 4.36. The Hall–Kier alpha value is -0.960. The van der Waals surface area contributed by atoms with Crippen molar-refractivity contribution in [2.75, 3.05) is 20.1 Å². The molecule has 1 aromatic rings. The van der Waals surface area contributed by atoms with E-state index in [4.69, 9.17) is 4.89 Å². The number of carbonyl (C=O) groups is 1. The van der Waals surface area contributed by atoms with Crippen molar-refractivity contribution in [2.45, 2.75) is 51.1 Å². The lowest BCUT2D eigenvalue weighted by molar-refractivity contribution is -0.135. The summed E-state index contributed by atoms with van der Waals surface area (Å²) in [6.45, 7) is 4.45. The molecule has 0 bridgehead atoms. The van der Waals surface area contributed by atoms with Gasteiger partial charge >= 0.3 is 0 Å². The van der Waals surface area contributed by atoms with E-state index in [0.29, 0.717) is 30.3 Å². The van der Waals surface area contributed by atoms with Gasteiger partial charge in [0.05, 0.1) is 0 Å². The maximum Gasteiger partial charge on any atom is 0.223 e. The number of rotatable bonds is 6. The van der Waals surface area contributed by atoms with Crippen LogP contribution in [0.25, 0.3) is 0 Å². The fourth-order valence-electron chi connectivity index (χ4n) is 3.75. The first-order valence-corrected chi connectivity index (χ1v) is 10.0. The van der Waals surface area contributed by atoms with Gasteiger partial charge in [0.25, 0.3) is 0 Å². The monoisotopic (exact) mass is 348 g/mol. The predicted octanol–water partition coefficient (Wildman–Crippen LogP) is 2.16. The minimum atomic E-state index is -0.157. The second-order valence-electron chi connectivity index (χ2n) is 7.42.